The standard InChI is InChI=1S/C25H32ClNO/c1-19-4-12-24(13-5-19)28-17-21-7-6-20(2)27(16-21)18-25(14-3-15-25)22-8-10-23(26)11-9-22/h4-5,8-13,20-21H,3,6-7,14-18H2,1-2H3/t20-,21+/m0/s1. The molecule has 1 saturated carbocycles. The van der Waals surface area contributed by atoms with E-state index in [0.717, 1.165) is 30.5 Å². The number of hydrogen-bond acceptors (Lipinski definition) is 2. The van der Waals surface area contributed by atoms with Gasteiger partial charge < -0.3 is 4.74 Å². The number of halogens is 1. The number of aryl methyl sites for hydroxylation is 1. The molecule has 0 aromatic heterocycles. The van der Waals surface area contributed by atoms with E-state index in [0.29, 0.717) is 17.4 Å². The first-order valence-corrected chi connectivity index (χ1v) is 11.1. The minimum Gasteiger partial charge on any atom is -0.493 e. The van der Waals surface area contributed by atoms with E-state index >= 15 is 0 Å². The molecule has 0 unspecified atom stereocenters. The molecule has 1 aliphatic carbocycles. The lowest BCUT2D eigenvalue weighted by molar-refractivity contribution is 0.0476. The summed E-state index contributed by atoms with van der Waals surface area (Å²) in [5, 5.41) is 0.831. The molecule has 1 heterocycles. The molecule has 28 heavy (non-hydrogen) atoms. The molecule has 2 aliphatic rings. The smallest absolute Gasteiger partial charge is 0.119 e. The fourth-order valence-corrected chi connectivity index (χ4v) is 4.93. The lowest BCUT2D eigenvalue weighted by Gasteiger charge is -2.49. The average molecular weight is 398 g/mol. The zero-order valence-electron chi connectivity index (χ0n) is 17.2. The Morgan fingerprint density at radius 2 is 1.75 bits per heavy atom. The quantitative estimate of drug-likeness (QED) is 0.571. The molecule has 0 amide bonds. The van der Waals surface area contributed by atoms with Crippen LogP contribution in [0, 0.1) is 12.8 Å². The van der Waals surface area contributed by atoms with Crippen molar-refractivity contribution in [2.45, 2.75) is 57.4 Å². The highest BCUT2D eigenvalue weighted by Gasteiger charge is 2.41. The van der Waals surface area contributed by atoms with Gasteiger partial charge in [-0.3, -0.25) is 4.90 Å². The highest BCUT2D eigenvalue weighted by Crippen LogP contribution is 2.45. The van der Waals surface area contributed by atoms with Crippen LogP contribution in [0.4, 0.5) is 0 Å². The van der Waals surface area contributed by atoms with Crippen LogP contribution in [0.5, 0.6) is 5.75 Å². The third-order valence-corrected chi connectivity index (χ3v) is 7.14. The van der Waals surface area contributed by atoms with Crippen molar-refractivity contribution >= 4 is 11.6 Å². The second-order valence-corrected chi connectivity index (χ2v) is 9.42. The zero-order valence-corrected chi connectivity index (χ0v) is 17.9. The Kier molecular flexibility index (Phi) is 5.99. The third-order valence-electron chi connectivity index (χ3n) is 6.89. The summed E-state index contributed by atoms with van der Waals surface area (Å²) in [6.07, 6.45) is 6.45. The molecule has 2 aromatic carbocycles. The number of rotatable bonds is 6. The van der Waals surface area contributed by atoms with Gasteiger partial charge in [0.25, 0.3) is 0 Å². The SMILES string of the molecule is Cc1ccc(OC[C@@H]2CC[C@H](C)N(CC3(c4ccc(Cl)cc4)CCC3)C2)cc1. The number of likely N-dealkylation sites (tertiary alicyclic amines) is 1. The number of ether oxygens (including phenoxy) is 1. The van der Waals surface area contributed by atoms with Crippen molar-refractivity contribution in [3.05, 3.63) is 64.7 Å². The summed E-state index contributed by atoms with van der Waals surface area (Å²) in [5.41, 5.74) is 3.06. The van der Waals surface area contributed by atoms with E-state index in [-0.39, 0.29) is 0 Å². The second-order valence-electron chi connectivity index (χ2n) is 8.99. The first-order valence-electron chi connectivity index (χ1n) is 10.7. The van der Waals surface area contributed by atoms with Crippen LogP contribution in [0.25, 0.3) is 0 Å². The molecule has 150 valence electrons. The molecule has 2 aromatic rings. The lowest BCUT2D eigenvalue weighted by atomic mass is 9.64. The Morgan fingerprint density at radius 3 is 2.39 bits per heavy atom. The minimum atomic E-state index is 0.318. The van der Waals surface area contributed by atoms with Gasteiger partial charge in [0.1, 0.15) is 5.75 Å². The predicted molar refractivity (Wildman–Crippen MR) is 117 cm³/mol. The lowest BCUT2D eigenvalue weighted by Crippen LogP contribution is -2.52. The van der Waals surface area contributed by atoms with E-state index in [9.17, 15) is 0 Å². The molecule has 0 N–H and O–H groups in total. The summed E-state index contributed by atoms with van der Waals surface area (Å²) in [7, 11) is 0. The molecule has 4 rings (SSSR count). The molecule has 3 heteroatoms. The Morgan fingerprint density at radius 1 is 1.04 bits per heavy atom. The second kappa shape index (κ2) is 8.47. The zero-order chi connectivity index (χ0) is 19.6. The first kappa shape index (κ1) is 19.8. The van der Waals surface area contributed by atoms with Crippen molar-refractivity contribution in [2.75, 3.05) is 19.7 Å². The van der Waals surface area contributed by atoms with Gasteiger partial charge in [-0.25, -0.2) is 0 Å². The van der Waals surface area contributed by atoms with E-state index in [4.69, 9.17) is 16.3 Å². The van der Waals surface area contributed by atoms with Crippen LogP contribution in [0.3, 0.4) is 0 Å². The van der Waals surface area contributed by atoms with Crippen LogP contribution in [-0.2, 0) is 5.41 Å². The number of piperidine rings is 1. The van der Waals surface area contributed by atoms with Gasteiger partial charge in [-0.05, 0) is 69.4 Å². The average Bonchev–Trinajstić information content (AvgIpc) is 2.67. The van der Waals surface area contributed by atoms with E-state index < -0.39 is 0 Å². The van der Waals surface area contributed by atoms with Gasteiger partial charge in [0.2, 0.25) is 0 Å². The maximum absolute atomic E-state index is 6.13. The normalized spacial score (nSPS) is 24.5. The fourth-order valence-electron chi connectivity index (χ4n) is 4.80. The van der Waals surface area contributed by atoms with Gasteiger partial charge in [0.15, 0.2) is 0 Å². The van der Waals surface area contributed by atoms with Crippen LogP contribution >= 0.6 is 11.6 Å². The summed E-state index contributed by atoms with van der Waals surface area (Å²) in [4.78, 5) is 2.72. The van der Waals surface area contributed by atoms with Crippen LogP contribution in [0.1, 0.15) is 50.2 Å². The fraction of sp³-hybridized carbons (Fsp3) is 0.520. The Hall–Kier alpha value is -1.51. The molecule has 0 bridgehead atoms. The monoisotopic (exact) mass is 397 g/mol. The van der Waals surface area contributed by atoms with Crippen LogP contribution in [0.2, 0.25) is 5.02 Å². The molecule has 0 spiro atoms. The van der Waals surface area contributed by atoms with Gasteiger partial charge >= 0.3 is 0 Å². The minimum absolute atomic E-state index is 0.318. The van der Waals surface area contributed by atoms with Crippen molar-refractivity contribution in [2.24, 2.45) is 5.92 Å². The Bertz CT molecular complexity index is 766. The summed E-state index contributed by atoms with van der Waals surface area (Å²) >= 11 is 6.13. The molecule has 2 nitrogen and oxygen atoms in total. The molecule has 2 atom stereocenters. The highest BCUT2D eigenvalue weighted by molar-refractivity contribution is 6.30. The maximum Gasteiger partial charge on any atom is 0.119 e. The first-order chi connectivity index (χ1) is 13.5. The van der Waals surface area contributed by atoms with Gasteiger partial charge in [-0.2, -0.15) is 0 Å². The summed E-state index contributed by atoms with van der Waals surface area (Å²) in [6, 6.07) is 17.7. The third kappa shape index (κ3) is 4.39. The van der Waals surface area contributed by atoms with E-state index in [2.05, 4.69) is 67.3 Å². The van der Waals surface area contributed by atoms with Crippen LogP contribution in [-0.4, -0.2) is 30.6 Å². The van der Waals surface area contributed by atoms with Gasteiger partial charge in [-0.15, -0.1) is 0 Å². The molecule has 0 radical (unpaired) electrons. The number of nitrogens with zero attached hydrogens (tertiary/aromatic N) is 1. The molecule has 2 fully saturated rings. The van der Waals surface area contributed by atoms with Crippen molar-refractivity contribution in [3.8, 4) is 5.75 Å². The summed E-state index contributed by atoms with van der Waals surface area (Å²) < 4.78 is 6.11. The maximum atomic E-state index is 6.13. The van der Waals surface area contributed by atoms with E-state index in [1.165, 1.54) is 43.2 Å². The van der Waals surface area contributed by atoms with E-state index in [1.807, 2.05) is 0 Å². The van der Waals surface area contributed by atoms with Gasteiger partial charge in [-0.1, -0.05) is 47.9 Å². The Labute approximate surface area is 174 Å². The number of benzene rings is 2. The van der Waals surface area contributed by atoms with Crippen LogP contribution in [0.15, 0.2) is 48.5 Å². The summed E-state index contributed by atoms with van der Waals surface area (Å²) in [5.74, 6) is 1.60. The van der Waals surface area contributed by atoms with Crippen molar-refractivity contribution in [3.63, 3.8) is 0 Å². The van der Waals surface area contributed by atoms with Crippen molar-refractivity contribution in [1.29, 1.82) is 0 Å². The largest absolute Gasteiger partial charge is 0.493 e. The molecular formula is C25H32ClNO. The highest BCUT2D eigenvalue weighted by atomic mass is 35.5. The topological polar surface area (TPSA) is 12.5 Å². The van der Waals surface area contributed by atoms with Crippen molar-refractivity contribution in [1.82, 2.24) is 4.90 Å². The molecule has 1 saturated heterocycles. The van der Waals surface area contributed by atoms with Gasteiger partial charge in [0.05, 0.1) is 6.61 Å². The number of hydrogen-bond donors (Lipinski definition) is 0. The van der Waals surface area contributed by atoms with E-state index in [1.54, 1.807) is 0 Å². The van der Waals surface area contributed by atoms with Crippen molar-refractivity contribution < 1.29 is 4.74 Å². The Balaban J connectivity index is 1.39. The summed E-state index contributed by atoms with van der Waals surface area (Å²) in [6.45, 7) is 7.63. The molecule has 1 aliphatic heterocycles. The van der Waals surface area contributed by atoms with Crippen LogP contribution < -0.4 is 4.74 Å². The van der Waals surface area contributed by atoms with Gasteiger partial charge in [0, 0.05) is 35.5 Å². The predicted octanol–water partition coefficient (Wildman–Crippen LogP) is 6.25. The molecular weight excluding hydrogens is 366 g/mol.